The SMILES string of the molecule is CCOc1ccc2[nH]c3cc(N4C(=O)c5ccccc5C4=O)ccc3c(=O)c2c1. The van der Waals surface area contributed by atoms with Crippen molar-refractivity contribution in [3.05, 3.63) is 82.0 Å². The standard InChI is InChI=1S/C23H16N2O4/c1-2-29-14-8-10-19-18(12-14)21(26)17-9-7-13(11-20(17)24-19)25-22(27)15-5-3-4-6-16(15)23(25)28/h3-12H,2H2,1H3,(H,24,26). The van der Waals surface area contributed by atoms with E-state index < -0.39 is 0 Å². The van der Waals surface area contributed by atoms with Gasteiger partial charge in [0, 0.05) is 10.8 Å². The molecule has 0 bridgehead atoms. The maximum absolute atomic E-state index is 13.0. The number of ether oxygens (including phenoxy) is 1. The molecule has 0 aliphatic carbocycles. The number of rotatable bonds is 3. The molecule has 0 atom stereocenters. The highest BCUT2D eigenvalue weighted by Crippen LogP contribution is 2.30. The van der Waals surface area contributed by atoms with Crippen LogP contribution < -0.4 is 15.1 Å². The molecule has 6 nitrogen and oxygen atoms in total. The molecule has 6 heteroatoms. The van der Waals surface area contributed by atoms with E-state index in [1.54, 1.807) is 60.7 Å². The van der Waals surface area contributed by atoms with Gasteiger partial charge in [-0.25, -0.2) is 4.90 Å². The molecule has 5 rings (SSSR count). The van der Waals surface area contributed by atoms with Gasteiger partial charge in [-0.1, -0.05) is 12.1 Å². The number of hydrogen-bond donors (Lipinski definition) is 1. The molecule has 142 valence electrons. The van der Waals surface area contributed by atoms with E-state index in [9.17, 15) is 14.4 Å². The molecule has 1 aromatic heterocycles. The highest BCUT2D eigenvalue weighted by molar-refractivity contribution is 6.34. The van der Waals surface area contributed by atoms with Crippen LogP contribution in [0.5, 0.6) is 5.75 Å². The van der Waals surface area contributed by atoms with E-state index >= 15 is 0 Å². The van der Waals surface area contributed by atoms with Crippen LogP contribution in [0.15, 0.2) is 65.5 Å². The lowest BCUT2D eigenvalue weighted by molar-refractivity contribution is 0.0926. The molecule has 1 aliphatic rings. The molecule has 1 N–H and O–H groups in total. The molecule has 0 saturated carbocycles. The second-order valence-electron chi connectivity index (χ2n) is 6.82. The number of hydrogen-bond acceptors (Lipinski definition) is 4. The van der Waals surface area contributed by atoms with Gasteiger partial charge in [0.2, 0.25) is 0 Å². The Morgan fingerprint density at radius 3 is 2.24 bits per heavy atom. The summed E-state index contributed by atoms with van der Waals surface area (Å²) < 4.78 is 5.49. The first-order valence-electron chi connectivity index (χ1n) is 9.29. The lowest BCUT2D eigenvalue weighted by atomic mass is 10.1. The van der Waals surface area contributed by atoms with Crippen molar-refractivity contribution in [3.8, 4) is 5.75 Å². The van der Waals surface area contributed by atoms with Crippen LogP contribution in [0.25, 0.3) is 21.8 Å². The molecule has 29 heavy (non-hydrogen) atoms. The first-order chi connectivity index (χ1) is 14.1. The van der Waals surface area contributed by atoms with Gasteiger partial charge in [-0.3, -0.25) is 14.4 Å². The summed E-state index contributed by atoms with van der Waals surface area (Å²) in [4.78, 5) is 42.8. The van der Waals surface area contributed by atoms with Crippen LogP contribution in [-0.4, -0.2) is 23.4 Å². The number of carbonyl (C=O) groups is 2. The molecular weight excluding hydrogens is 368 g/mol. The smallest absolute Gasteiger partial charge is 0.266 e. The summed E-state index contributed by atoms with van der Waals surface area (Å²) in [6, 6.07) is 17.0. The number of H-pyrrole nitrogens is 1. The molecule has 0 unspecified atom stereocenters. The van der Waals surface area contributed by atoms with Gasteiger partial charge in [-0.15, -0.1) is 0 Å². The van der Waals surface area contributed by atoms with Gasteiger partial charge in [0.1, 0.15) is 5.75 Å². The van der Waals surface area contributed by atoms with Crippen LogP contribution in [0.1, 0.15) is 27.6 Å². The molecule has 0 fully saturated rings. The Balaban J connectivity index is 1.66. The Kier molecular flexibility index (Phi) is 3.74. The zero-order valence-corrected chi connectivity index (χ0v) is 15.6. The van der Waals surface area contributed by atoms with Gasteiger partial charge >= 0.3 is 0 Å². The third-order valence-electron chi connectivity index (χ3n) is 5.12. The lowest BCUT2D eigenvalue weighted by Crippen LogP contribution is -2.29. The topological polar surface area (TPSA) is 79.5 Å². The van der Waals surface area contributed by atoms with Gasteiger partial charge in [0.25, 0.3) is 11.8 Å². The predicted molar refractivity (Wildman–Crippen MR) is 111 cm³/mol. The monoisotopic (exact) mass is 384 g/mol. The maximum atomic E-state index is 13.0. The van der Waals surface area contributed by atoms with Gasteiger partial charge in [-0.05, 0) is 55.5 Å². The van der Waals surface area contributed by atoms with Gasteiger partial charge in [0.15, 0.2) is 5.43 Å². The summed E-state index contributed by atoms with van der Waals surface area (Å²) in [6.07, 6.45) is 0. The maximum Gasteiger partial charge on any atom is 0.266 e. The Morgan fingerprint density at radius 2 is 1.55 bits per heavy atom. The predicted octanol–water partition coefficient (Wildman–Crippen LogP) is 3.88. The quantitative estimate of drug-likeness (QED) is 0.429. The summed E-state index contributed by atoms with van der Waals surface area (Å²) in [5.74, 6) is -0.101. The van der Waals surface area contributed by atoms with E-state index in [0.29, 0.717) is 51.0 Å². The van der Waals surface area contributed by atoms with Crippen LogP contribution in [-0.2, 0) is 0 Å². The number of aromatic amines is 1. The van der Waals surface area contributed by atoms with Crippen molar-refractivity contribution in [1.82, 2.24) is 4.98 Å². The fraction of sp³-hybridized carbons (Fsp3) is 0.0870. The number of anilines is 1. The van der Waals surface area contributed by atoms with Crippen molar-refractivity contribution < 1.29 is 14.3 Å². The Hall–Kier alpha value is -3.93. The van der Waals surface area contributed by atoms with Crippen molar-refractivity contribution in [2.75, 3.05) is 11.5 Å². The van der Waals surface area contributed by atoms with E-state index in [-0.39, 0.29) is 17.2 Å². The van der Waals surface area contributed by atoms with Gasteiger partial charge in [0.05, 0.1) is 34.5 Å². The van der Waals surface area contributed by atoms with Crippen molar-refractivity contribution in [1.29, 1.82) is 0 Å². The molecular formula is C23H16N2O4. The number of nitrogens with zero attached hydrogens (tertiary/aromatic N) is 1. The van der Waals surface area contributed by atoms with E-state index in [0.717, 1.165) is 4.90 Å². The van der Waals surface area contributed by atoms with E-state index in [4.69, 9.17) is 4.74 Å². The summed E-state index contributed by atoms with van der Waals surface area (Å²) in [5, 5.41) is 1.00. The van der Waals surface area contributed by atoms with Crippen molar-refractivity contribution in [2.24, 2.45) is 0 Å². The average Bonchev–Trinajstić information content (AvgIpc) is 2.99. The molecule has 3 aromatic carbocycles. The minimum absolute atomic E-state index is 0.135. The molecule has 0 saturated heterocycles. The van der Waals surface area contributed by atoms with Crippen molar-refractivity contribution in [2.45, 2.75) is 6.92 Å². The summed E-state index contributed by atoms with van der Waals surface area (Å²) in [7, 11) is 0. The number of benzene rings is 3. The molecule has 4 aromatic rings. The van der Waals surface area contributed by atoms with E-state index in [1.165, 1.54) is 0 Å². The van der Waals surface area contributed by atoms with E-state index in [2.05, 4.69) is 4.98 Å². The average molecular weight is 384 g/mol. The first kappa shape index (κ1) is 17.2. The van der Waals surface area contributed by atoms with Crippen LogP contribution in [0.4, 0.5) is 5.69 Å². The molecule has 0 radical (unpaired) electrons. The fourth-order valence-corrected chi connectivity index (χ4v) is 3.76. The molecule has 0 spiro atoms. The fourth-order valence-electron chi connectivity index (χ4n) is 3.76. The first-order valence-corrected chi connectivity index (χ1v) is 9.29. The van der Waals surface area contributed by atoms with Crippen molar-refractivity contribution in [3.63, 3.8) is 0 Å². The Bertz CT molecular complexity index is 1350. The molecule has 1 aliphatic heterocycles. The Morgan fingerprint density at radius 1 is 0.828 bits per heavy atom. The summed E-state index contributed by atoms with van der Waals surface area (Å²) in [6.45, 7) is 2.40. The third-order valence-corrected chi connectivity index (χ3v) is 5.12. The normalized spacial score (nSPS) is 13.3. The minimum atomic E-state index is -0.366. The number of carbonyl (C=O) groups excluding carboxylic acids is 2. The minimum Gasteiger partial charge on any atom is -0.494 e. The third kappa shape index (κ3) is 2.53. The largest absolute Gasteiger partial charge is 0.494 e. The number of nitrogens with one attached hydrogen (secondary N) is 1. The second-order valence-corrected chi connectivity index (χ2v) is 6.82. The van der Waals surface area contributed by atoms with Gasteiger partial charge in [-0.2, -0.15) is 0 Å². The second kappa shape index (κ2) is 6.31. The highest BCUT2D eigenvalue weighted by atomic mass is 16.5. The lowest BCUT2D eigenvalue weighted by Gasteiger charge is -2.15. The number of imide groups is 1. The van der Waals surface area contributed by atoms with Crippen LogP contribution in [0.3, 0.4) is 0 Å². The van der Waals surface area contributed by atoms with Gasteiger partial charge < -0.3 is 9.72 Å². The number of aromatic nitrogens is 1. The number of pyridine rings is 1. The molecule has 2 heterocycles. The summed E-state index contributed by atoms with van der Waals surface area (Å²) >= 11 is 0. The van der Waals surface area contributed by atoms with Crippen LogP contribution in [0, 0.1) is 0 Å². The Labute approximate surface area is 165 Å². The number of amides is 2. The zero-order valence-electron chi connectivity index (χ0n) is 15.6. The summed E-state index contributed by atoms with van der Waals surface area (Å²) in [5.41, 5.74) is 2.26. The van der Waals surface area contributed by atoms with Crippen LogP contribution >= 0.6 is 0 Å². The van der Waals surface area contributed by atoms with E-state index in [1.807, 2.05) is 6.92 Å². The highest BCUT2D eigenvalue weighted by Gasteiger charge is 2.36. The van der Waals surface area contributed by atoms with Crippen LogP contribution in [0.2, 0.25) is 0 Å². The molecule has 2 amide bonds. The zero-order chi connectivity index (χ0) is 20.1. The van der Waals surface area contributed by atoms with Crippen molar-refractivity contribution >= 4 is 39.3 Å². The number of fused-ring (bicyclic) bond motifs is 3.